The number of anilines is 1. The number of nitro benzene ring substituents is 1. The Hall–Kier alpha value is -1.62. The maximum atomic E-state index is 11.1. The van der Waals surface area contributed by atoms with Crippen molar-refractivity contribution in [3.8, 4) is 0 Å². The highest BCUT2D eigenvalue weighted by atomic mass is 16.6. The number of nitrogens with one attached hydrogen (secondary N) is 1. The average molecular weight is 279 g/mol. The van der Waals surface area contributed by atoms with Gasteiger partial charge in [0.1, 0.15) is 5.69 Å². The van der Waals surface area contributed by atoms with Crippen LogP contribution < -0.4 is 5.32 Å². The molecule has 0 heterocycles. The molecule has 0 spiro atoms. The summed E-state index contributed by atoms with van der Waals surface area (Å²) in [7, 11) is 2.06. The number of hydrogen-bond donors (Lipinski definition) is 1. The van der Waals surface area contributed by atoms with Crippen molar-refractivity contribution in [2.24, 2.45) is 0 Å². The molecular weight excluding hydrogens is 254 g/mol. The number of nitro groups is 1. The minimum atomic E-state index is -0.321. The van der Waals surface area contributed by atoms with Gasteiger partial charge < -0.3 is 10.2 Å². The van der Waals surface area contributed by atoms with Crippen LogP contribution in [0.1, 0.15) is 38.7 Å². The first-order valence-electron chi connectivity index (χ1n) is 7.28. The molecule has 1 aromatic carbocycles. The fourth-order valence-electron chi connectivity index (χ4n) is 2.25. The van der Waals surface area contributed by atoms with E-state index in [0.29, 0.717) is 12.2 Å². The van der Waals surface area contributed by atoms with Gasteiger partial charge in [-0.25, -0.2) is 0 Å². The number of rotatable bonds is 9. The van der Waals surface area contributed by atoms with E-state index >= 15 is 0 Å². The summed E-state index contributed by atoms with van der Waals surface area (Å²) in [6, 6.07) is 5.27. The zero-order valence-electron chi connectivity index (χ0n) is 12.7. The van der Waals surface area contributed by atoms with E-state index in [0.717, 1.165) is 18.7 Å². The van der Waals surface area contributed by atoms with Crippen LogP contribution in [0.3, 0.4) is 0 Å². The van der Waals surface area contributed by atoms with Gasteiger partial charge in [-0.05, 0) is 32.5 Å². The highest BCUT2D eigenvalue weighted by Crippen LogP contribution is 2.28. The fraction of sp³-hybridized carbons (Fsp3) is 0.600. The minimum absolute atomic E-state index is 0.159. The van der Waals surface area contributed by atoms with Crippen molar-refractivity contribution in [3.05, 3.63) is 33.9 Å². The third-order valence-electron chi connectivity index (χ3n) is 3.26. The lowest BCUT2D eigenvalue weighted by atomic mass is 10.1. The molecule has 0 saturated carbocycles. The first-order valence-corrected chi connectivity index (χ1v) is 7.28. The Labute approximate surface area is 121 Å². The van der Waals surface area contributed by atoms with Gasteiger partial charge in [0.15, 0.2) is 0 Å². The van der Waals surface area contributed by atoms with Gasteiger partial charge in [0.2, 0.25) is 0 Å². The van der Waals surface area contributed by atoms with Crippen LogP contribution in [0.5, 0.6) is 0 Å². The fourth-order valence-corrected chi connectivity index (χ4v) is 2.25. The smallest absolute Gasteiger partial charge is 0.292 e. The second-order valence-electron chi connectivity index (χ2n) is 5.04. The van der Waals surface area contributed by atoms with Gasteiger partial charge in [-0.15, -0.1) is 0 Å². The van der Waals surface area contributed by atoms with Gasteiger partial charge >= 0.3 is 0 Å². The molecule has 0 unspecified atom stereocenters. The summed E-state index contributed by atoms with van der Waals surface area (Å²) in [4.78, 5) is 13.0. The maximum Gasteiger partial charge on any atom is 0.292 e. The van der Waals surface area contributed by atoms with Crippen molar-refractivity contribution < 1.29 is 4.92 Å². The van der Waals surface area contributed by atoms with Crippen molar-refractivity contribution in [1.82, 2.24) is 4.90 Å². The molecule has 5 nitrogen and oxygen atoms in total. The van der Waals surface area contributed by atoms with Gasteiger partial charge in [-0.1, -0.05) is 31.9 Å². The van der Waals surface area contributed by atoms with E-state index < -0.39 is 0 Å². The molecule has 0 saturated heterocycles. The molecule has 0 fully saturated rings. The predicted octanol–water partition coefficient (Wildman–Crippen LogP) is 3.65. The Balaban J connectivity index is 2.82. The summed E-state index contributed by atoms with van der Waals surface area (Å²) in [6.07, 6.45) is 3.59. The van der Waals surface area contributed by atoms with E-state index in [1.54, 1.807) is 12.1 Å². The van der Waals surface area contributed by atoms with Crippen LogP contribution in [0.25, 0.3) is 0 Å². The Morgan fingerprint density at radius 2 is 2.05 bits per heavy atom. The topological polar surface area (TPSA) is 58.4 Å². The molecule has 0 radical (unpaired) electrons. The van der Waals surface area contributed by atoms with Gasteiger partial charge in [0.25, 0.3) is 5.69 Å². The van der Waals surface area contributed by atoms with Gasteiger partial charge in [0, 0.05) is 19.2 Å². The molecule has 1 rings (SSSR count). The number of para-hydroxylation sites is 1. The van der Waals surface area contributed by atoms with Crippen LogP contribution in [0.15, 0.2) is 18.2 Å². The number of hydrogen-bond acceptors (Lipinski definition) is 4. The van der Waals surface area contributed by atoms with Crippen LogP contribution in [0.4, 0.5) is 11.4 Å². The SMILES string of the molecule is CCCCCN(C)Cc1cccc([N+](=O)[O-])c1NCC. The van der Waals surface area contributed by atoms with Crippen LogP contribution in [-0.4, -0.2) is 30.0 Å². The van der Waals surface area contributed by atoms with E-state index in [2.05, 4.69) is 24.2 Å². The van der Waals surface area contributed by atoms with Crippen molar-refractivity contribution in [3.63, 3.8) is 0 Å². The molecule has 0 aliphatic rings. The van der Waals surface area contributed by atoms with Gasteiger partial charge in [-0.3, -0.25) is 10.1 Å². The standard InChI is InChI=1S/C15H25N3O2/c1-4-6-7-11-17(3)12-13-9-8-10-14(18(19)20)15(13)16-5-2/h8-10,16H,4-7,11-12H2,1-3H3. The van der Waals surface area contributed by atoms with Crippen LogP contribution >= 0.6 is 0 Å². The average Bonchev–Trinajstić information content (AvgIpc) is 2.41. The molecule has 0 aliphatic heterocycles. The van der Waals surface area contributed by atoms with Gasteiger partial charge in [-0.2, -0.15) is 0 Å². The van der Waals surface area contributed by atoms with Crippen LogP contribution in [0, 0.1) is 10.1 Å². The molecule has 0 bridgehead atoms. The zero-order chi connectivity index (χ0) is 15.0. The summed E-state index contributed by atoms with van der Waals surface area (Å²) in [5.41, 5.74) is 1.80. The Morgan fingerprint density at radius 1 is 1.30 bits per heavy atom. The first kappa shape index (κ1) is 16.4. The molecule has 20 heavy (non-hydrogen) atoms. The summed E-state index contributed by atoms with van der Waals surface area (Å²) >= 11 is 0. The normalized spacial score (nSPS) is 10.8. The van der Waals surface area contributed by atoms with E-state index in [9.17, 15) is 10.1 Å². The molecule has 5 heteroatoms. The predicted molar refractivity (Wildman–Crippen MR) is 83.1 cm³/mol. The third kappa shape index (κ3) is 4.81. The van der Waals surface area contributed by atoms with Crippen molar-refractivity contribution in [2.45, 2.75) is 39.7 Å². The summed E-state index contributed by atoms with van der Waals surface area (Å²) < 4.78 is 0. The van der Waals surface area contributed by atoms with Crippen LogP contribution in [-0.2, 0) is 6.54 Å². The number of nitrogens with zero attached hydrogens (tertiary/aromatic N) is 2. The third-order valence-corrected chi connectivity index (χ3v) is 3.26. The summed E-state index contributed by atoms with van der Waals surface area (Å²) in [5.74, 6) is 0. The Kier molecular flexibility index (Phi) is 7.01. The van der Waals surface area contributed by atoms with Crippen molar-refractivity contribution >= 4 is 11.4 Å². The number of unbranched alkanes of at least 4 members (excludes halogenated alkanes) is 2. The lowest BCUT2D eigenvalue weighted by Crippen LogP contribution is -2.20. The lowest BCUT2D eigenvalue weighted by Gasteiger charge is -2.19. The monoisotopic (exact) mass is 279 g/mol. The molecule has 1 aromatic rings. The second-order valence-corrected chi connectivity index (χ2v) is 5.04. The highest BCUT2D eigenvalue weighted by Gasteiger charge is 2.17. The molecule has 0 atom stereocenters. The summed E-state index contributed by atoms with van der Waals surface area (Å²) in [6.45, 7) is 6.56. The maximum absolute atomic E-state index is 11.1. The zero-order valence-corrected chi connectivity index (χ0v) is 12.7. The largest absolute Gasteiger partial charge is 0.380 e. The lowest BCUT2D eigenvalue weighted by molar-refractivity contribution is -0.384. The number of benzene rings is 1. The van der Waals surface area contributed by atoms with Crippen molar-refractivity contribution in [2.75, 3.05) is 25.5 Å². The van der Waals surface area contributed by atoms with Crippen LogP contribution in [0.2, 0.25) is 0 Å². The molecule has 0 aliphatic carbocycles. The second kappa shape index (κ2) is 8.53. The van der Waals surface area contributed by atoms with E-state index in [4.69, 9.17) is 0 Å². The molecule has 1 N–H and O–H groups in total. The molecule has 112 valence electrons. The Morgan fingerprint density at radius 3 is 2.65 bits per heavy atom. The van der Waals surface area contributed by atoms with E-state index in [1.165, 1.54) is 19.3 Å². The van der Waals surface area contributed by atoms with Gasteiger partial charge in [0.05, 0.1) is 4.92 Å². The highest BCUT2D eigenvalue weighted by molar-refractivity contribution is 5.66. The quantitative estimate of drug-likeness (QED) is 0.426. The Bertz CT molecular complexity index is 435. The van der Waals surface area contributed by atoms with E-state index in [1.807, 2.05) is 13.0 Å². The first-order chi connectivity index (χ1) is 9.60. The van der Waals surface area contributed by atoms with Crippen molar-refractivity contribution in [1.29, 1.82) is 0 Å². The summed E-state index contributed by atoms with van der Waals surface area (Å²) in [5, 5.41) is 14.2. The molecule has 0 amide bonds. The van der Waals surface area contributed by atoms with E-state index in [-0.39, 0.29) is 10.6 Å². The molecule has 0 aromatic heterocycles. The molecular formula is C15H25N3O2. The minimum Gasteiger partial charge on any atom is -0.380 e.